The molecule has 1 aliphatic heterocycles. The third-order valence-electron chi connectivity index (χ3n) is 7.52. The molecule has 0 aliphatic carbocycles. The van der Waals surface area contributed by atoms with Crippen molar-refractivity contribution in [2.24, 2.45) is 0 Å². The van der Waals surface area contributed by atoms with Crippen molar-refractivity contribution >= 4 is 22.6 Å². The second kappa shape index (κ2) is 14.1. The molecule has 1 unspecified atom stereocenters. The maximum atomic E-state index is 13.1. The molecule has 0 spiro atoms. The van der Waals surface area contributed by atoms with Gasteiger partial charge in [-0.15, -0.1) is 0 Å². The summed E-state index contributed by atoms with van der Waals surface area (Å²) in [6, 6.07) is 25.9. The fourth-order valence-corrected chi connectivity index (χ4v) is 5.18. The van der Waals surface area contributed by atoms with E-state index in [1.54, 1.807) is 7.11 Å². The fraction of sp³-hybridized carbons (Fsp3) is 0.364. The van der Waals surface area contributed by atoms with Crippen molar-refractivity contribution in [1.82, 2.24) is 20.2 Å². The molecule has 1 aromatic heterocycles. The molecular formula is C33H39N5O3. The van der Waals surface area contributed by atoms with E-state index >= 15 is 0 Å². The molecule has 41 heavy (non-hydrogen) atoms. The molecule has 4 aromatic rings. The van der Waals surface area contributed by atoms with Gasteiger partial charge in [-0.1, -0.05) is 42.5 Å². The second-order valence-electron chi connectivity index (χ2n) is 10.4. The number of nitrogens with one attached hydrogen (secondary N) is 1. The Labute approximate surface area is 242 Å². The van der Waals surface area contributed by atoms with E-state index in [4.69, 9.17) is 19.4 Å². The van der Waals surface area contributed by atoms with Crippen LogP contribution < -0.4 is 15.0 Å². The number of hydrogen-bond acceptors (Lipinski definition) is 7. The highest BCUT2D eigenvalue weighted by atomic mass is 16.5. The zero-order valence-electron chi connectivity index (χ0n) is 24.0. The standard InChI is InChI=1S/C33H39N5O3/c1-25(26-9-4-3-5-10-26)34-31(39)17-20-38(19-8-18-37-21-23-41-24-22-37)33-29-11-6-7-12-30(29)35-32(36-33)27-13-15-28(40-2)16-14-27/h3-7,9-16,25H,8,17-24H2,1-2H3,(H,34,39). The number of benzene rings is 3. The molecule has 1 fully saturated rings. The number of carbonyl (C=O) groups is 1. The molecule has 2 heterocycles. The minimum Gasteiger partial charge on any atom is -0.497 e. The highest BCUT2D eigenvalue weighted by molar-refractivity contribution is 5.91. The lowest BCUT2D eigenvalue weighted by atomic mass is 10.1. The smallest absolute Gasteiger partial charge is 0.222 e. The van der Waals surface area contributed by atoms with E-state index < -0.39 is 0 Å². The van der Waals surface area contributed by atoms with E-state index in [2.05, 4.69) is 21.2 Å². The first kappa shape index (κ1) is 28.5. The Hall–Kier alpha value is -4.01. The van der Waals surface area contributed by atoms with Gasteiger partial charge in [0.1, 0.15) is 11.6 Å². The van der Waals surface area contributed by atoms with Gasteiger partial charge in [-0.3, -0.25) is 9.69 Å². The third kappa shape index (κ3) is 7.60. The van der Waals surface area contributed by atoms with Gasteiger partial charge in [0.15, 0.2) is 5.82 Å². The number of anilines is 1. The molecule has 0 radical (unpaired) electrons. The van der Waals surface area contributed by atoms with Crippen LogP contribution >= 0.6 is 0 Å². The van der Waals surface area contributed by atoms with Crippen LogP contribution in [0.2, 0.25) is 0 Å². The summed E-state index contributed by atoms with van der Waals surface area (Å²) in [6.45, 7) is 7.81. The minimum atomic E-state index is -0.0555. The van der Waals surface area contributed by atoms with Gasteiger partial charge in [-0.2, -0.15) is 0 Å². The molecule has 1 atom stereocenters. The molecule has 3 aromatic carbocycles. The summed E-state index contributed by atoms with van der Waals surface area (Å²) >= 11 is 0. The molecule has 0 saturated carbocycles. The molecule has 8 heteroatoms. The molecule has 1 amide bonds. The largest absolute Gasteiger partial charge is 0.497 e. The van der Waals surface area contributed by atoms with E-state index in [1.165, 1.54) is 0 Å². The van der Waals surface area contributed by atoms with Crippen molar-refractivity contribution in [1.29, 1.82) is 0 Å². The van der Waals surface area contributed by atoms with Gasteiger partial charge < -0.3 is 19.7 Å². The lowest BCUT2D eigenvalue weighted by molar-refractivity contribution is -0.121. The number of nitrogens with zero attached hydrogens (tertiary/aromatic N) is 4. The summed E-state index contributed by atoms with van der Waals surface area (Å²) in [6.07, 6.45) is 1.32. The van der Waals surface area contributed by atoms with Crippen LogP contribution in [0.3, 0.4) is 0 Å². The van der Waals surface area contributed by atoms with Gasteiger partial charge in [0.2, 0.25) is 5.91 Å². The van der Waals surface area contributed by atoms with Gasteiger partial charge in [0.25, 0.3) is 0 Å². The van der Waals surface area contributed by atoms with E-state index in [0.717, 1.165) is 79.4 Å². The van der Waals surface area contributed by atoms with E-state index in [1.807, 2.05) is 79.7 Å². The molecule has 0 bridgehead atoms. The molecule has 5 rings (SSSR count). The summed E-state index contributed by atoms with van der Waals surface area (Å²) in [5.41, 5.74) is 2.89. The quantitative estimate of drug-likeness (QED) is 0.261. The van der Waals surface area contributed by atoms with Crippen LogP contribution in [-0.4, -0.2) is 73.8 Å². The van der Waals surface area contributed by atoms with Crippen molar-refractivity contribution < 1.29 is 14.3 Å². The number of morpholine rings is 1. The van der Waals surface area contributed by atoms with E-state index in [0.29, 0.717) is 18.8 Å². The van der Waals surface area contributed by atoms with Crippen LogP contribution in [0.25, 0.3) is 22.3 Å². The van der Waals surface area contributed by atoms with Crippen molar-refractivity contribution in [3.8, 4) is 17.1 Å². The number of amides is 1. The van der Waals surface area contributed by atoms with Crippen LogP contribution in [-0.2, 0) is 9.53 Å². The van der Waals surface area contributed by atoms with Crippen molar-refractivity contribution in [3.05, 3.63) is 84.4 Å². The molecule has 1 N–H and O–H groups in total. The van der Waals surface area contributed by atoms with Gasteiger partial charge in [-0.05, 0) is 55.3 Å². The molecule has 214 valence electrons. The first-order valence-electron chi connectivity index (χ1n) is 14.4. The van der Waals surface area contributed by atoms with Gasteiger partial charge in [0, 0.05) is 50.1 Å². The monoisotopic (exact) mass is 553 g/mol. The summed E-state index contributed by atoms with van der Waals surface area (Å²) < 4.78 is 10.9. The highest BCUT2D eigenvalue weighted by Crippen LogP contribution is 2.29. The first-order valence-corrected chi connectivity index (χ1v) is 14.4. The van der Waals surface area contributed by atoms with Gasteiger partial charge in [0.05, 0.1) is 31.9 Å². The van der Waals surface area contributed by atoms with Crippen LogP contribution in [0.15, 0.2) is 78.9 Å². The van der Waals surface area contributed by atoms with Crippen LogP contribution in [0.5, 0.6) is 5.75 Å². The summed E-state index contributed by atoms with van der Waals surface area (Å²) in [5.74, 6) is 2.32. The predicted octanol–water partition coefficient (Wildman–Crippen LogP) is 5.10. The fourth-order valence-electron chi connectivity index (χ4n) is 5.18. The summed E-state index contributed by atoms with van der Waals surface area (Å²) in [4.78, 5) is 27.8. The number of ether oxygens (including phenoxy) is 2. The molecule has 1 aliphatic rings. The number of methoxy groups -OCH3 is 1. The zero-order valence-corrected chi connectivity index (χ0v) is 24.0. The third-order valence-corrected chi connectivity index (χ3v) is 7.52. The summed E-state index contributed by atoms with van der Waals surface area (Å²) in [5, 5.41) is 4.14. The Balaban J connectivity index is 1.38. The number of para-hydroxylation sites is 1. The Morgan fingerprint density at radius 3 is 2.46 bits per heavy atom. The van der Waals surface area contributed by atoms with Gasteiger partial charge >= 0.3 is 0 Å². The number of aromatic nitrogens is 2. The number of hydrogen-bond donors (Lipinski definition) is 1. The zero-order chi connectivity index (χ0) is 28.4. The average molecular weight is 554 g/mol. The van der Waals surface area contributed by atoms with E-state index in [9.17, 15) is 4.79 Å². The Kier molecular flexibility index (Phi) is 9.78. The molecule has 8 nitrogen and oxygen atoms in total. The van der Waals surface area contributed by atoms with E-state index in [-0.39, 0.29) is 11.9 Å². The van der Waals surface area contributed by atoms with Crippen molar-refractivity contribution in [2.45, 2.75) is 25.8 Å². The molecule has 1 saturated heterocycles. The van der Waals surface area contributed by atoms with Gasteiger partial charge in [-0.25, -0.2) is 9.97 Å². The number of carbonyl (C=O) groups excluding carboxylic acids is 1. The minimum absolute atomic E-state index is 0.0215. The first-order chi connectivity index (χ1) is 20.1. The Morgan fingerprint density at radius 1 is 0.976 bits per heavy atom. The normalized spacial score (nSPS) is 14.5. The molecular weight excluding hydrogens is 514 g/mol. The lowest BCUT2D eigenvalue weighted by Crippen LogP contribution is -2.39. The average Bonchev–Trinajstić information content (AvgIpc) is 3.03. The van der Waals surface area contributed by atoms with Crippen LogP contribution in [0.4, 0.5) is 5.82 Å². The maximum Gasteiger partial charge on any atom is 0.222 e. The lowest BCUT2D eigenvalue weighted by Gasteiger charge is -2.29. The van der Waals surface area contributed by atoms with Crippen molar-refractivity contribution in [3.63, 3.8) is 0 Å². The summed E-state index contributed by atoms with van der Waals surface area (Å²) in [7, 11) is 1.66. The highest BCUT2D eigenvalue weighted by Gasteiger charge is 2.19. The van der Waals surface area contributed by atoms with Crippen molar-refractivity contribution in [2.75, 3.05) is 57.9 Å². The number of fused-ring (bicyclic) bond motifs is 1. The Bertz CT molecular complexity index is 1410. The predicted molar refractivity (Wildman–Crippen MR) is 163 cm³/mol. The topological polar surface area (TPSA) is 79.8 Å². The van der Waals surface area contributed by atoms with Crippen LogP contribution in [0, 0.1) is 0 Å². The Morgan fingerprint density at radius 2 is 1.71 bits per heavy atom. The van der Waals surface area contributed by atoms with Crippen LogP contribution in [0.1, 0.15) is 31.4 Å². The maximum absolute atomic E-state index is 13.1. The second-order valence-corrected chi connectivity index (χ2v) is 10.4. The SMILES string of the molecule is COc1ccc(-c2nc(N(CCCN3CCOCC3)CCC(=O)NC(C)c3ccccc3)c3ccccc3n2)cc1. The number of rotatable bonds is 12.